The number of benzene rings is 1. The molecule has 5 heteroatoms. The van der Waals surface area contributed by atoms with Gasteiger partial charge in [0.1, 0.15) is 11.6 Å². The van der Waals surface area contributed by atoms with Crippen LogP contribution >= 0.6 is 11.3 Å². The minimum atomic E-state index is 0.538. The lowest BCUT2D eigenvalue weighted by atomic mass is 10.0. The van der Waals surface area contributed by atoms with Gasteiger partial charge in [-0.1, -0.05) is 6.07 Å². The number of aryl methyl sites for hydroxylation is 2. The minimum absolute atomic E-state index is 0.538. The average Bonchev–Trinajstić information content (AvgIpc) is 2.86. The molecular formula is C14H15N3OS. The number of hydrogen-bond acceptors (Lipinski definition) is 4. The van der Waals surface area contributed by atoms with Crippen molar-refractivity contribution in [3.63, 3.8) is 0 Å². The summed E-state index contributed by atoms with van der Waals surface area (Å²) in [4.78, 5) is 5.18. The second-order valence-electron chi connectivity index (χ2n) is 4.60. The van der Waals surface area contributed by atoms with Crippen molar-refractivity contribution < 1.29 is 4.74 Å². The maximum Gasteiger partial charge on any atom is 0.196 e. The molecule has 0 spiro atoms. The molecule has 3 aromatic rings. The van der Waals surface area contributed by atoms with E-state index in [1.54, 1.807) is 18.4 Å². The van der Waals surface area contributed by atoms with Gasteiger partial charge in [0.05, 0.1) is 19.0 Å². The summed E-state index contributed by atoms with van der Waals surface area (Å²) in [6.07, 6.45) is 1.85. The van der Waals surface area contributed by atoms with Gasteiger partial charge in [-0.2, -0.15) is 0 Å². The summed E-state index contributed by atoms with van der Waals surface area (Å²) in [5, 5.41) is 2.08. The highest BCUT2D eigenvalue weighted by atomic mass is 32.1. The van der Waals surface area contributed by atoms with E-state index in [0.29, 0.717) is 5.82 Å². The molecule has 98 valence electrons. The molecule has 0 amide bonds. The average molecular weight is 273 g/mol. The fourth-order valence-electron chi connectivity index (χ4n) is 2.41. The number of imidazole rings is 1. The zero-order valence-electron chi connectivity index (χ0n) is 11.1. The van der Waals surface area contributed by atoms with Crippen LogP contribution in [-0.2, 0) is 0 Å². The molecule has 0 atom stereocenters. The zero-order valence-corrected chi connectivity index (χ0v) is 11.9. The van der Waals surface area contributed by atoms with Crippen molar-refractivity contribution in [1.29, 1.82) is 0 Å². The molecule has 3 rings (SSSR count). The van der Waals surface area contributed by atoms with E-state index in [-0.39, 0.29) is 0 Å². The Balaban J connectivity index is 2.31. The fourth-order valence-corrected chi connectivity index (χ4v) is 3.29. The van der Waals surface area contributed by atoms with Crippen LogP contribution < -0.4 is 10.5 Å². The van der Waals surface area contributed by atoms with Crippen LogP contribution in [-0.4, -0.2) is 16.5 Å². The largest absolute Gasteiger partial charge is 0.496 e. The molecule has 0 saturated carbocycles. The van der Waals surface area contributed by atoms with Gasteiger partial charge in [0.2, 0.25) is 0 Å². The van der Waals surface area contributed by atoms with Gasteiger partial charge >= 0.3 is 0 Å². The normalized spacial score (nSPS) is 11.1. The van der Waals surface area contributed by atoms with E-state index in [0.717, 1.165) is 27.5 Å². The number of ether oxygens (including phenoxy) is 1. The van der Waals surface area contributed by atoms with E-state index in [9.17, 15) is 0 Å². The predicted octanol–water partition coefficient (Wildman–Crippen LogP) is 3.27. The van der Waals surface area contributed by atoms with Gasteiger partial charge in [-0.25, -0.2) is 4.98 Å². The predicted molar refractivity (Wildman–Crippen MR) is 78.9 cm³/mol. The Morgan fingerprint density at radius 3 is 2.84 bits per heavy atom. The van der Waals surface area contributed by atoms with Gasteiger partial charge in [0.25, 0.3) is 0 Å². The second kappa shape index (κ2) is 4.28. The standard InChI is InChI=1S/C14H15N3OS/c1-8-4-9(2)13(18-3)10(5-8)11-7-19-14-16-12(15)6-17(11)14/h4-7H,15H2,1-3H3. The smallest absolute Gasteiger partial charge is 0.196 e. The van der Waals surface area contributed by atoms with Crippen LogP contribution in [0.1, 0.15) is 11.1 Å². The number of nitrogens with two attached hydrogens (primary N) is 1. The van der Waals surface area contributed by atoms with Crippen LogP contribution in [0, 0.1) is 13.8 Å². The number of thiazole rings is 1. The molecule has 2 N–H and O–H groups in total. The topological polar surface area (TPSA) is 52.5 Å². The molecular weight excluding hydrogens is 258 g/mol. The summed E-state index contributed by atoms with van der Waals surface area (Å²) < 4.78 is 7.56. The Bertz CT molecular complexity index is 757. The van der Waals surface area contributed by atoms with Crippen LogP contribution in [0.2, 0.25) is 0 Å². The van der Waals surface area contributed by atoms with Crippen LogP contribution in [0.3, 0.4) is 0 Å². The third kappa shape index (κ3) is 1.86. The third-order valence-electron chi connectivity index (χ3n) is 3.13. The number of hydrogen-bond donors (Lipinski definition) is 1. The molecule has 2 heterocycles. The number of anilines is 1. The van der Waals surface area contributed by atoms with Crippen molar-refractivity contribution in [1.82, 2.24) is 9.38 Å². The van der Waals surface area contributed by atoms with E-state index in [1.165, 1.54) is 5.56 Å². The Morgan fingerprint density at radius 1 is 1.32 bits per heavy atom. The highest BCUT2D eigenvalue weighted by molar-refractivity contribution is 7.15. The first-order valence-corrected chi connectivity index (χ1v) is 6.86. The van der Waals surface area contributed by atoms with Crippen LogP contribution in [0.25, 0.3) is 16.2 Å². The number of nitrogens with zero attached hydrogens (tertiary/aromatic N) is 2. The first-order chi connectivity index (χ1) is 9.10. The van der Waals surface area contributed by atoms with E-state index < -0.39 is 0 Å². The fraction of sp³-hybridized carbons (Fsp3) is 0.214. The summed E-state index contributed by atoms with van der Waals surface area (Å²) in [6, 6.07) is 4.25. The summed E-state index contributed by atoms with van der Waals surface area (Å²) in [5.74, 6) is 1.44. The number of rotatable bonds is 2. The second-order valence-corrected chi connectivity index (χ2v) is 5.44. The number of methoxy groups -OCH3 is 1. The maximum absolute atomic E-state index is 5.76. The lowest BCUT2D eigenvalue weighted by Crippen LogP contribution is -1.94. The van der Waals surface area contributed by atoms with E-state index in [4.69, 9.17) is 10.5 Å². The third-order valence-corrected chi connectivity index (χ3v) is 3.97. The van der Waals surface area contributed by atoms with E-state index in [2.05, 4.69) is 36.3 Å². The summed E-state index contributed by atoms with van der Waals surface area (Å²) in [7, 11) is 1.70. The van der Waals surface area contributed by atoms with Gasteiger partial charge in [0.15, 0.2) is 4.96 Å². The Hall–Kier alpha value is -2.01. The quantitative estimate of drug-likeness (QED) is 0.779. The molecule has 0 bridgehead atoms. The number of nitrogen functional groups attached to an aromatic ring is 1. The Kier molecular flexibility index (Phi) is 2.71. The maximum atomic E-state index is 5.76. The monoisotopic (exact) mass is 273 g/mol. The summed E-state index contributed by atoms with van der Waals surface area (Å²) >= 11 is 1.58. The van der Waals surface area contributed by atoms with Crippen LogP contribution in [0.5, 0.6) is 5.75 Å². The van der Waals surface area contributed by atoms with Gasteiger partial charge in [-0.15, -0.1) is 11.3 Å². The molecule has 2 aromatic heterocycles. The van der Waals surface area contributed by atoms with Gasteiger partial charge in [-0.3, -0.25) is 4.40 Å². The van der Waals surface area contributed by atoms with Gasteiger partial charge < -0.3 is 10.5 Å². The summed E-state index contributed by atoms with van der Waals surface area (Å²) in [6.45, 7) is 4.14. The lowest BCUT2D eigenvalue weighted by Gasteiger charge is -2.12. The molecule has 19 heavy (non-hydrogen) atoms. The Morgan fingerprint density at radius 2 is 2.11 bits per heavy atom. The molecule has 0 radical (unpaired) electrons. The SMILES string of the molecule is COc1c(C)cc(C)cc1-c1csc2nc(N)cn12. The molecule has 0 aliphatic heterocycles. The van der Waals surface area contributed by atoms with Crippen molar-refractivity contribution >= 4 is 22.1 Å². The molecule has 0 aliphatic carbocycles. The summed E-state index contributed by atoms with van der Waals surface area (Å²) in [5.41, 5.74) is 10.2. The van der Waals surface area contributed by atoms with Crippen molar-refractivity contribution in [3.05, 3.63) is 34.8 Å². The van der Waals surface area contributed by atoms with E-state index >= 15 is 0 Å². The highest BCUT2D eigenvalue weighted by Gasteiger charge is 2.15. The zero-order chi connectivity index (χ0) is 13.6. The van der Waals surface area contributed by atoms with Crippen LogP contribution in [0.4, 0.5) is 5.82 Å². The van der Waals surface area contributed by atoms with Crippen molar-refractivity contribution in [2.24, 2.45) is 0 Å². The molecule has 1 aromatic carbocycles. The lowest BCUT2D eigenvalue weighted by molar-refractivity contribution is 0.413. The van der Waals surface area contributed by atoms with Crippen molar-refractivity contribution in [2.75, 3.05) is 12.8 Å². The molecule has 0 fully saturated rings. The highest BCUT2D eigenvalue weighted by Crippen LogP contribution is 2.36. The number of aromatic nitrogens is 2. The van der Waals surface area contributed by atoms with Crippen LogP contribution in [0.15, 0.2) is 23.7 Å². The molecule has 0 saturated heterocycles. The van der Waals surface area contributed by atoms with E-state index in [1.807, 2.05) is 10.6 Å². The van der Waals surface area contributed by atoms with Gasteiger partial charge in [-0.05, 0) is 31.0 Å². The molecule has 4 nitrogen and oxygen atoms in total. The number of fused-ring (bicyclic) bond motifs is 1. The first kappa shape index (κ1) is 12.0. The Labute approximate surface area is 115 Å². The van der Waals surface area contributed by atoms with Gasteiger partial charge in [0, 0.05) is 10.9 Å². The van der Waals surface area contributed by atoms with Crippen molar-refractivity contribution in [2.45, 2.75) is 13.8 Å². The first-order valence-electron chi connectivity index (χ1n) is 5.98. The van der Waals surface area contributed by atoms with Crippen molar-refractivity contribution in [3.8, 4) is 17.0 Å². The molecule has 0 unspecified atom stereocenters. The molecule has 0 aliphatic rings. The minimum Gasteiger partial charge on any atom is -0.496 e.